The largest absolute Gasteiger partial charge is 0.481 e. The molecule has 0 aliphatic rings. The maximum atomic E-state index is 10.5. The van der Waals surface area contributed by atoms with E-state index in [1.807, 2.05) is 0 Å². The van der Waals surface area contributed by atoms with Crippen molar-refractivity contribution in [2.24, 2.45) is 11.8 Å². The van der Waals surface area contributed by atoms with Crippen LogP contribution in [0.25, 0.3) is 0 Å². The van der Waals surface area contributed by atoms with Crippen molar-refractivity contribution in [1.29, 1.82) is 0 Å². The molecular weight excluding hydrogens is 344 g/mol. The summed E-state index contributed by atoms with van der Waals surface area (Å²) in [7, 11) is 0. The topological polar surface area (TPSA) is 94.8 Å². The number of aliphatic hydroxyl groups excluding tert-OH is 1. The number of carboxylic acid groups (broad SMARTS) is 2. The summed E-state index contributed by atoms with van der Waals surface area (Å²) in [4.78, 5) is 20.7. The van der Waals surface area contributed by atoms with E-state index >= 15 is 0 Å². The maximum Gasteiger partial charge on any atom is 0.306 e. The molecule has 0 aliphatic carbocycles. The van der Waals surface area contributed by atoms with Crippen LogP contribution in [-0.4, -0.2) is 33.4 Å². The Kier molecular flexibility index (Phi) is 20.5. The molecule has 0 amide bonds. The Balaban J connectivity index is 0. The van der Waals surface area contributed by atoms with Crippen LogP contribution < -0.4 is 0 Å². The van der Waals surface area contributed by atoms with E-state index in [1.54, 1.807) is 6.92 Å². The van der Waals surface area contributed by atoms with Crippen molar-refractivity contribution in [2.45, 2.75) is 117 Å². The highest BCUT2D eigenvalue weighted by Crippen LogP contribution is 2.15. The lowest BCUT2D eigenvalue weighted by Gasteiger charge is -2.11. The molecule has 0 aromatic carbocycles. The summed E-state index contributed by atoms with van der Waals surface area (Å²) in [5.74, 6) is -1.05. The molecule has 0 aromatic rings. The van der Waals surface area contributed by atoms with Gasteiger partial charge in [0.15, 0.2) is 0 Å². The molecular formula is C22H44O5. The quantitative estimate of drug-likeness (QED) is 0.287. The van der Waals surface area contributed by atoms with Crippen LogP contribution in [0.15, 0.2) is 0 Å². The number of aliphatic carboxylic acids is 2. The van der Waals surface area contributed by atoms with E-state index in [2.05, 4.69) is 20.8 Å². The first-order valence-corrected chi connectivity index (χ1v) is 10.9. The molecule has 0 rings (SSSR count). The summed E-state index contributed by atoms with van der Waals surface area (Å²) in [5.41, 5.74) is 0. The fraction of sp³-hybridized carbons (Fsp3) is 0.909. The molecule has 0 aromatic heterocycles. The number of rotatable bonds is 16. The first-order chi connectivity index (χ1) is 12.7. The molecule has 0 aliphatic heterocycles. The molecule has 0 saturated carbocycles. The van der Waals surface area contributed by atoms with Crippen LogP contribution in [0, 0.1) is 11.8 Å². The lowest BCUT2D eigenvalue weighted by atomic mass is 9.97. The number of carboxylic acids is 2. The molecule has 27 heavy (non-hydrogen) atoms. The molecule has 0 spiro atoms. The van der Waals surface area contributed by atoms with Crippen LogP contribution in [0.2, 0.25) is 0 Å². The smallest absolute Gasteiger partial charge is 0.306 e. The lowest BCUT2D eigenvalue weighted by Crippen LogP contribution is -2.12. The van der Waals surface area contributed by atoms with Crippen molar-refractivity contribution in [3.63, 3.8) is 0 Å². The van der Waals surface area contributed by atoms with Crippen LogP contribution in [-0.2, 0) is 9.59 Å². The highest BCUT2D eigenvalue weighted by molar-refractivity contribution is 5.69. The fourth-order valence-corrected chi connectivity index (χ4v) is 3.00. The molecule has 0 fully saturated rings. The van der Waals surface area contributed by atoms with Gasteiger partial charge in [-0.05, 0) is 18.8 Å². The van der Waals surface area contributed by atoms with Crippen molar-refractivity contribution in [1.82, 2.24) is 0 Å². The minimum Gasteiger partial charge on any atom is -0.481 e. The number of aliphatic hydroxyl groups is 1. The minimum absolute atomic E-state index is 0.123. The monoisotopic (exact) mass is 388 g/mol. The molecule has 5 heteroatoms. The van der Waals surface area contributed by atoms with E-state index in [1.165, 1.54) is 44.9 Å². The molecule has 5 nitrogen and oxygen atoms in total. The zero-order valence-electron chi connectivity index (χ0n) is 18.1. The zero-order valence-corrected chi connectivity index (χ0v) is 18.1. The van der Waals surface area contributed by atoms with Gasteiger partial charge in [-0.3, -0.25) is 9.59 Å². The van der Waals surface area contributed by atoms with Crippen LogP contribution in [0.5, 0.6) is 0 Å². The van der Waals surface area contributed by atoms with Gasteiger partial charge in [0.05, 0.1) is 18.4 Å². The van der Waals surface area contributed by atoms with Gasteiger partial charge in [0.25, 0.3) is 0 Å². The Bertz CT molecular complexity index is 357. The van der Waals surface area contributed by atoms with Gasteiger partial charge in [0.2, 0.25) is 0 Å². The molecule has 0 radical (unpaired) electrons. The maximum absolute atomic E-state index is 10.5. The van der Waals surface area contributed by atoms with Crippen molar-refractivity contribution in [3.8, 4) is 0 Å². The van der Waals surface area contributed by atoms with Crippen LogP contribution in [0.1, 0.15) is 111 Å². The zero-order chi connectivity index (χ0) is 21.1. The minimum atomic E-state index is -0.917. The second-order valence-electron chi connectivity index (χ2n) is 7.87. The van der Waals surface area contributed by atoms with Gasteiger partial charge in [0, 0.05) is 0 Å². The van der Waals surface area contributed by atoms with Crippen molar-refractivity contribution >= 4 is 11.9 Å². The SMILES string of the molecule is CCCC(C)CCCC(O)CC(=O)O.CCCCCCCCC(C)C(=O)O. The Hall–Kier alpha value is -1.10. The molecule has 3 unspecified atom stereocenters. The first kappa shape index (κ1) is 28.1. The van der Waals surface area contributed by atoms with Gasteiger partial charge in [-0.15, -0.1) is 0 Å². The highest BCUT2D eigenvalue weighted by Gasteiger charge is 2.10. The number of hydrogen-bond donors (Lipinski definition) is 3. The Labute approximate surface area is 166 Å². The Morgan fingerprint density at radius 3 is 1.85 bits per heavy atom. The molecule has 3 N–H and O–H groups in total. The third-order valence-corrected chi connectivity index (χ3v) is 4.84. The first-order valence-electron chi connectivity index (χ1n) is 10.9. The summed E-state index contributed by atoms with van der Waals surface area (Å²) in [6.07, 6.45) is 12.5. The third kappa shape index (κ3) is 22.9. The van der Waals surface area contributed by atoms with Gasteiger partial charge in [0.1, 0.15) is 0 Å². The summed E-state index contributed by atoms with van der Waals surface area (Å²) in [5, 5.41) is 26.3. The predicted molar refractivity (Wildman–Crippen MR) is 111 cm³/mol. The van der Waals surface area contributed by atoms with Gasteiger partial charge in [-0.2, -0.15) is 0 Å². The van der Waals surface area contributed by atoms with Crippen molar-refractivity contribution in [2.75, 3.05) is 0 Å². The van der Waals surface area contributed by atoms with E-state index in [4.69, 9.17) is 10.2 Å². The molecule has 3 atom stereocenters. The Morgan fingerprint density at radius 1 is 0.741 bits per heavy atom. The summed E-state index contributed by atoms with van der Waals surface area (Å²) >= 11 is 0. The van der Waals surface area contributed by atoms with Gasteiger partial charge < -0.3 is 15.3 Å². The predicted octanol–water partition coefficient (Wildman–Crippen LogP) is 5.89. The average Bonchev–Trinajstić information content (AvgIpc) is 2.57. The number of hydrogen-bond acceptors (Lipinski definition) is 3. The third-order valence-electron chi connectivity index (χ3n) is 4.84. The van der Waals surface area contributed by atoms with Crippen molar-refractivity contribution < 1.29 is 24.9 Å². The van der Waals surface area contributed by atoms with E-state index in [0.717, 1.165) is 25.7 Å². The van der Waals surface area contributed by atoms with Crippen LogP contribution >= 0.6 is 0 Å². The fourth-order valence-electron chi connectivity index (χ4n) is 3.00. The number of unbranched alkanes of at least 4 members (excludes halogenated alkanes) is 5. The Morgan fingerprint density at radius 2 is 1.33 bits per heavy atom. The molecule has 0 heterocycles. The van der Waals surface area contributed by atoms with E-state index in [0.29, 0.717) is 12.3 Å². The van der Waals surface area contributed by atoms with Crippen LogP contribution in [0.4, 0.5) is 0 Å². The normalized spacial score (nSPS) is 14.0. The van der Waals surface area contributed by atoms with E-state index in [-0.39, 0.29) is 12.3 Å². The van der Waals surface area contributed by atoms with E-state index < -0.39 is 18.0 Å². The van der Waals surface area contributed by atoms with Crippen molar-refractivity contribution in [3.05, 3.63) is 0 Å². The second-order valence-corrected chi connectivity index (χ2v) is 7.87. The standard InChI is InChI=1S/C11H22O3.C11H22O2/c1-3-5-9(2)6-4-7-10(12)8-11(13)14;1-3-4-5-6-7-8-9-10(2)11(12)13/h9-10,12H,3-8H2,1-2H3,(H,13,14);10H,3-9H2,1-2H3,(H,12,13). The second kappa shape index (κ2) is 19.7. The van der Waals surface area contributed by atoms with E-state index in [9.17, 15) is 14.7 Å². The summed E-state index contributed by atoms with van der Waals surface area (Å²) in [6, 6.07) is 0. The lowest BCUT2D eigenvalue weighted by molar-refractivity contribution is -0.141. The molecule has 0 saturated heterocycles. The molecule has 162 valence electrons. The number of carbonyl (C=O) groups is 2. The molecule has 0 bridgehead atoms. The van der Waals surface area contributed by atoms with Gasteiger partial charge in [-0.1, -0.05) is 91.9 Å². The summed E-state index contributed by atoms with van der Waals surface area (Å²) in [6.45, 7) is 8.35. The highest BCUT2D eigenvalue weighted by atomic mass is 16.4. The van der Waals surface area contributed by atoms with Crippen LogP contribution in [0.3, 0.4) is 0 Å². The average molecular weight is 389 g/mol. The van der Waals surface area contributed by atoms with Gasteiger partial charge >= 0.3 is 11.9 Å². The summed E-state index contributed by atoms with van der Waals surface area (Å²) < 4.78 is 0. The van der Waals surface area contributed by atoms with Gasteiger partial charge in [-0.25, -0.2) is 0 Å².